The van der Waals surface area contributed by atoms with E-state index in [4.69, 9.17) is 9.84 Å². The van der Waals surface area contributed by atoms with Gasteiger partial charge in [0.15, 0.2) is 5.78 Å². The van der Waals surface area contributed by atoms with Gasteiger partial charge in [0.2, 0.25) is 0 Å². The van der Waals surface area contributed by atoms with Crippen LogP contribution in [0.5, 0.6) is 0 Å². The number of carbonyl (C=O) groups is 3. The van der Waals surface area contributed by atoms with Crippen LogP contribution in [0.4, 0.5) is 0 Å². The molecule has 1 N–H and O–H groups in total. The topological polar surface area (TPSA) is 80.7 Å². The number of hydrogen-bond donors (Lipinski definition) is 1. The first-order valence-electron chi connectivity index (χ1n) is 10.9. The van der Waals surface area contributed by atoms with Crippen LogP contribution in [-0.4, -0.2) is 28.9 Å². The highest BCUT2D eigenvalue weighted by Gasteiger charge is 2.59. The minimum atomic E-state index is -0.960. The molecule has 3 saturated carbocycles. The van der Waals surface area contributed by atoms with Crippen LogP contribution in [0.15, 0.2) is 11.6 Å². The fourth-order valence-electron chi connectivity index (χ4n) is 7.13. The average molecular weight is 389 g/mol. The third kappa shape index (κ3) is 3.11. The molecule has 0 saturated heterocycles. The fraction of sp³-hybridized carbons (Fsp3) is 0.783. The van der Waals surface area contributed by atoms with Crippen LogP contribution < -0.4 is 0 Å². The van der Waals surface area contributed by atoms with Crippen LogP contribution in [0.25, 0.3) is 0 Å². The number of rotatable bonds is 4. The van der Waals surface area contributed by atoms with Gasteiger partial charge in [0.25, 0.3) is 0 Å². The molecule has 0 bridgehead atoms. The lowest BCUT2D eigenvalue weighted by atomic mass is 9.47. The number of aliphatic carboxylic acids is 1. The summed E-state index contributed by atoms with van der Waals surface area (Å²) in [5.74, 6) is 0.776. The second kappa shape index (κ2) is 7.00. The third-order valence-corrected chi connectivity index (χ3v) is 8.69. The number of fused-ring (bicyclic) bond motifs is 5. The summed E-state index contributed by atoms with van der Waals surface area (Å²) in [7, 11) is 0. The Morgan fingerprint density at radius 1 is 1.07 bits per heavy atom. The maximum atomic E-state index is 12.1. The average Bonchev–Trinajstić information content (AvgIpc) is 2.97. The van der Waals surface area contributed by atoms with E-state index in [9.17, 15) is 14.4 Å². The molecule has 0 unspecified atom stereocenters. The number of hydrogen-bond acceptors (Lipinski definition) is 4. The van der Waals surface area contributed by atoms with E-state index < -0.39 is 5.97 Å². The summed E-state index contributed by atoms with van der Waals surface area (Å²) in [4.78, 5) is 34.8. The molecule has 4 aliphatic carbocycles. The molecular formula is C23H32O5. The van der Waals surface area contributed by atoms with Gasteiger partial charge in [-0.05, 0) is 74.2 Å². The molecule has 0 spiro atoms. The SMILES string of the molecule is C[C@]12CC[C@@H]3[C@H](CCC4=CC(=O)CC[C@@]43C)[C@@H]1CC[C@H]2OC(=O)CCC(=O)O. The molecule has 0 aliphatic heterocycles. The van der Waals surface area contributed by atoms with Crippen molar-refractivity contribution in [1.82, 2.24) is 0 Å². The molecular weight excluding hydrogens is 356 g/mol. The summed E-state index contributed by atoms with van der Waals surface area (Å²) in [5, 5.41) is 8.79. The Balaban J connectivity index is 1.49. The molecule has 28 heavy (non-hydrogen) atoms. The molecule has 0 heterocycles. The van der Waals surface area contributed by atoms with Crippen molar-refractivity contribution in [2.24, 2.45) is 28.6 Å². The number of carboxylic acids is 1. The third-order valence-electron chi connectivity index (χ3n) is 8.69. The van der Waals surface area contributed by atoms with Gasteiger partial charge in [0.05, 0.1) is 12.8 Å². The van der Waals surface area contributed by atoms with Gasteiger partial charge in [-0.1, -0.05) is 19.4 Å². The summed E-state index contributed by atoms with van der Waals surface area (Å²) in [6.07, 6.45) is 9.62. The Bertz CT molecular complexity index is 725. The van der Waals surface area contributed by atoms with Crippen molar-refractivity contribution >= 4 is 17.7 Å². The Hall–Kier alpha value is -1.65. The van der Waals surface area contributed by atoms with E-state index in [1.165, 1.54) is 5.57 Å². The van der Waals surface area contributed by atoms with Gasteiger partial charge in [0.1, 0.15) is 6.10 Å². The lowest BCUT2D eigenvalue weighted by molar-refractivity contribution is -0.161. The largest absolute Gasteiger partial charge is 0.481 e. The van der Waals surface area contributed by atoms with E-state index >= 15 is 0 Å². The van der Waals surface area contributed by atoms with Crippen molar-refractivity contribution in [1.29, 1.82) is 0 Å². The van der Waals surface area contributed by atoms with E-state index in [1.54, 1.807) is 0 Å². The van der Waals surface area contributed by atoms with Crippen molar-refractivity contribution < 1.29 is 24.2 Å². The van der Waals surface area contributed by atoms with Gasteiger partial charge in [-0.2, -0.15) is 0 Å². The number of allylic oxidation sites excluding steroid dienone is 1. The van der Waals surface area contributed by atoms with Gasteiger partial charge in [-0.3, -0.25) is 14.4 Å². The molecule has 0 amide bonds. The van der Waals surface area contributed by atoms with Crippen LogP contribution in [-0.2, 0) is 19.1 Å². The van der Waals surface area contributed by atoms with E-state index in [1.807, 2.05) is 6.08 Å². The molecule has 5 nitrogen and oxygen atoms in total. The van der Waals surface area contributed by atoms with E-state index in [0.29, 0.717) is 30.0 Å². The zero-order chi connectivity index (χ0) is 20.1. The van der Waals surface area contributed by atoms with Crippen LogP contribution >= 0.6 is 0 Å². The maximum absolute atomic E-state index is 12.1. The number of ether oxygens (including phenoxy) is 1. The molecule has 5 heteroatoms. The van der Waals surface area contributed by atoms with Crippen LogP contribution in [0.3, 0.4) is 0 Å². The highest BCUT2D eigenvalue weighted by atomic mass is 16.5. The highest BCUT2D eigenvalue weighted by Crippen LogP contribution is 2.65. The molecule has 154 valence electrons. The van der Waals surface area contributed by atoms with Gasteiger partial charge < -0.3 is 9.84 Å². The van der Waals surface area contributed by atoms with Gasteiger partial charge in [0, 0.05) is 11.8 Å². The van der Waals surface area contributed by atoms with E-state index in [2.05, 4.69) is 13.8 Å². The molecule has 0 radical (unpaired) electrons. The quantitative estimate of drug-likeness (QED) is 0.727. The van der Waals surface area contributed by atoms with Gasteiger partial charge in [-0.25, -0.2) is 0 Å². The zero-order valence-electron chi connectivity index (χ0n) is 17.0. The minimum absolute atomic E-state index is 0.00210. The Morgan fingerprint density at radius 2 is 1.86 bits per heavy atom. The predicted octanol–water partition coefficient (Wildman–Crippen LogP) is 4.29. The lowest BCUT2D eigenvalue weighted by Crippen LogP contribution is -2.51. The number of ketones is 1. The molecule has 0 aromatic rings. The highest BCUT2D eigenvalue weighted by molar-refractivity contribution is 5.91. The van der Waals surface area contributed by atoms with Crippen LogP contribution in [0.1, 0.15) is 78.1 Å². The molecule has 0 aromatic heterocycles. The first kappa shape index (κ1) is 19.7. The summed E-state index contributed by atoms with van der Waals surface area (Å²) in [6.45, 7) is 4.66. The minimum Gasteiger partial charge on any atom is -0.481 e. The lowest BCUT2D eigenvalue weighted by Gasteiger charge is -2.57. The van der Waals surface area contributed by atoms with Crippen molar-refractivity contribution in [3.05, 3.63) is 11.6 Å². The summed E-state index contributed by atoms with van der Waals surface area (Å²) in [5.41, 5.74) is 1.54. The van der Waals surface area contributed by atoms with Crippen LogP contribution in [0.2, 0.25) is 0 Å². The Kier molecular flexibility index (Phi) is 4.91. The van der Waals surface area contributed by atoms with Crippen molar-refractivity contribution in [3.8, 4) is 0 Å². The number of esters is 1. The van der Waals surface area contributed by atoms with E-state index in [0.717, 1.165) is 44.9 Å². The Labute approximate surface area is 166 Å². The maximum Gasteiger partial charge on any atom is 0.306 e. The van der Waals surface area contributed by atoms with Gasteiger partial charge in [-0.15, -0.1) is 0 Å². The second-order valence-electron chi connectivity index (χ2n) is 9.96. The Morgan fingerprint density at radius 3 is 2.61 bits per heavy atom. The number of carbonyl (C=O) groups excluding carboxylic acids is 2. The smallest absolute Gasteiger partial charge is 0.306 e. The van der Waals surface area contributed by atoms with Gasteiger partial charge >= 0.3 is 11.9 Å². The molecule has 6 atom stereocenters. The van der Waals surface area contributed by atoms with Crippen molar-refractivity contribution in [2.75, 3.05) is 0 Å². The van der Waals surface area contributed by atoms with Crippen LogP contribution in [0, 0.1) is 28.6 Å². The summed E-state index contributed by atoms with van der Waals surface area (Å²) >= 11 is 0. The first-order valence-corrected chi connectivity index (χ1v) is 10.9. The normalized spacial score (nSPS) is 42.1. The molecule has 3 fully saturated rings. The molecule has 4 rings (SSSR count). The standard InChI is InChI=1S/C23H32O5/c1-22-11-9-15(24)13-14(22)3-4-16-17-5-6-19(23(17,2)12-10-18(16)22)28-21(27)8-7-20(25)26/h13,16-19H,3-12H2,1-2H3,(H,25,26)/t16-,17+,18-,19-,22+,23+/m1/s1. The predicted molar refractivity (Wildman–Crippen MR) is 103 cm³/mol. The van der Waals surface area contributed by atoms with Crippen molar-refractivity contribution in [2.45, 2.75) is 84.2 Å². The monoisotopic (exact) mass is 388 g/mol. The molecule has 4 aliphatic rings. The summed E-state index contributed by atoms with van der Waals surface area (Å²) < 4.78 is 5.80. The second-order valence-corrected chi connectivity index (χ2v) is 9.96. The molecule has 0 aromatic carbocycles. The first-order chi connectivity index (χ1) is 13.2. The summed E-state index contributed by atoms with van der Waals surface area (Å²) in [6, 6.07) is 0. The number of carboxylic acid groups (broad SMARTS) is 1. The van der Waals surface area contributed by atoms with E-state index in [-0.39, 0.29) is 35.7 Å². The zero-order valence-corrected chi connectivity index (χ0v) is 17.0. The fourth-order valence-corrected chi connectivity index (χ4v) is 7.13. The van der Waals surface area contributed by atoms with Crippen molar-refractivity contribution in [3.63, 3.8) is 0 Å².